The predicted molar refractivity (Wildman–Crippen MR) is 579 cm³/mol. The molecule has 0 spiro atoms. The number of hydrogen-bond donors (Lipinski definition) is 0. The number of anilines is 3. The van der Waals surface area contributed by atoms with Crippen LogP contribution in [0.1, 0.15) is 78.8 Å². The van der Waals surface area contributed by atoms with Gasteiger partial charge in [-0.15, -0.1) is 0 Å². The molecule has 20 heteroatoms. The number of fused-ring (bicyclic) bond motifs is 12. The normalized spacial score (nSPS) is 12.2. The van der Waals surface area contributed by atoms with Gasteiger partial charge in [-0.25, -0.2) is 38.9 Å². The number of para-hydroxylation sites is 8. The average molecular weight is 1900 g/mol. The minimum absolute atomic E-state index is 0.206. The van der Waals surface area contributed by atoms with Crippen molar-refractivity contribution in [3.05, 3.63) is 520 Å². The molecule has 0 N–H and O–H groups in total. The van der Waals surface area contributed by atoms with E-state index in [1.165, 1.54) is 14.7 Å². The number of aromatic nitrogens is 3. The van der Waals surface area contributed by atoms with Crippen LogP contribution in [0, 0.1) is 66.9 Å². The van der Waals surface area contributed by atoms with E-state index in [2.05, 4.69) is 42.4 Å². The van der Waals surface area contributed by atoms with Gasteiger partial charge >= 0.3 is 0 Å². The van der Waals surface area contributed by atoms with Crippen molar-refractivity contribution in [3.8, 4) is 113 Å². The molecule has 20 nitrogen and oxygen atoms in total. The van der Waals surface area contributed by atoms with E-state index in [0.29, 0.717) is 140 Å². The predicted octanol–water partition coefficient (Wildman–Crippen LogP) is 30.8. The van der Waals surface area contributed by atoms with E-state index in [9.17, 15) is 44.6 Å². The fourth-order valence-corrected chi connectivity index (χ4v) is 21.0. The number of nitrogens with zero attached hydrogens (tertiary/aromatic N) is 14. The lowest BCUT2D eigenvalue weighted by Gasteiger charge is -2.19. The largest absolute Gasteiger partial charge is 0.308 e. The second-order valence-corrected chi connectivity index (χ2v) is 35.3. The van der Waals surface area contributed by atoms with Crippen molar-refractivity contribution in [1.29, 1.82) is 15.8 Å². The summed E-state index contributed by atoms with van der Waals surface area (Å²) in [5, 5.41) is 35.4. The third-order valence-electron chi connectivity index (χ3n) is 27.4. The molecule has 6 heterocycles. The van der Waals surface area contributed by atoms with Crippen LogP contribution < -0.4 is 14.7 Å². The quantitative estimate of drug-likeness (QED) is 0.0790. The molecular weight excluding hydrogens is 1830 g/mol. The van der Waals surface area contributed by atoms with Crippen LogP contribution in [0.15, 0.2) is 413 Å². The smallest absolute Gasteiger partial charge is 0.268 e. The summed E-state index contributed by atoms with van der Waals surface area (Å²) >= 11 is 0. The zero-order valence-corrected chi connectivity index (χ0v) is 78.0. The third kappa shape index (κ3) is 14.6. The first kappa shape index (κ1) is 89.8. The van der Waals surface area contributed by atoms with Gasteiger partial charge in [0, 0.05) is 65.7 Å². The molecule has 0 fully saturated rings. The molecule has 6 amide bonds. The first-order valence-corrected chi connectivity index (χ1v) is 46.9. The van der Waals surface area contributed by atoms with Crippen molar-refractivity contribution in [3.63, 3.8) is 0 Å². The Morgan fingerprint density at radius 2 is 0.520 bits per heavy atom. The van der Waals surface area contributed by atoms with Gasteiger partial charge in [-0.2, -0.15) is 15.8 Å². The first-order valence-electron chi connectivity index (χ1n) is 46.9. The van der Waals surface area contributed by atoms with Gasteiger partial charge in [-0.05, 0) is 141 Å². The number of rotatable bonds is 13. The van der Waals surface area contributed by atoms with E-state index in [1.54, 1.807) is 109 Å². The van der Waals surface area contributed by atoms with Crippen LogP contribution in [-0.2, 0) is 0 Å². The fraction of sp³-hybridized carbons (Fsp3) is 0. The highest BCUT2D eigenvalue weighted by Gasteiger charge is 2.45. The minimum Gasteiger partial charge on any atom is -0.308 e. The monoisotopic (exact) mass is 1900 g/mol. The maximum atomic E-state index is 15.0. The third-order valence-corrected chi connectivity index (χ3v) is 27.4. The van der Waals surface area contributed by atoms with Crippen molar-refractivity contribution in [2.24, 2.45) is 0 Å². The zero-order chi connectivity index (χ0) is 101. The summed E-state index contributed by atoms with van der Waals surface area (Å²) in [7, 11) is 0. The highest BCUT2D eigenvalue weighted by molar-refractivity contribution is 6.39. The van der Waals surface area contributed by atoms with Crippen molar-refractivity contribution in [2.75, 3.05) is 14.7 Å². The van der Waals surface area contributed by atoms with Gasteiger partial charge in [0.05, 0.1) is 163 Å². The van der Waals surface area contributed by atoms with E-state index in [4.69, 9.17) is 32.9 Å². The molecule has 686 valence electrons. The summed E-state index contributed by atoms with van der Waals surface area (Å²) in [4.78, 5) is 109. The van der Waals surface area contributed by atoms with Gasteiger partial charge in [-0.1, -0.05) is 322 Å². The number of nitriles is 3. The van der Waals surface area contributed by atoms with E-state index in [0.717, 1.165) is 98.9 Å². The maximum absolute atomic E-state index is 15.0. The highest BCUT2D eigenvalue weighted by Crippen LogP contribution is 2.52. The number of carbonyl (C=O) groups excluding carboxylic acids is 6. The summed E-state index contributed by atoms with van der Waals surface area (Å²) < 4.78 is 6.03. The molecule has 0 bridgehead atoms. The van der Waals surface area contributed by atoms with E-state index < -0.39 is 17.7 Å². The van der Waals surface area contributed by atoms with E-state index in [1.807, 2.05) is 317 Å². The zero-order valence-electron chi connectivity index (χ0n) is 78.0. The second-order valence-electron chi connectivity index (χ2n) is 35.3. The van der Waals surface area contributed by atoms with Gasteiger partial charge in [-0.3, -0.25) is 28.8 Å². The van der Waals surface area contributed by atoms with Crippen molar-refractivity contribution in [2.45, 2.75) is 0 Å². The molecule has 22 aromatic rings. The standard InChI is InChI=1S/C48H24N6O2.2C40H22N4O2/c1-51-32-22-24-35(41(26-32)52-2)37-15-9-17-39-38-16-8-14-36(33-23-21-29(27-49)25-31(33)28-50)45(38)53(46(37)39)43-20-10-18-40-44(43)48(56)54(47(40)55)42-19-7-6-13-34(42)30-11-4-3-5-12-30;1-41-26-22-23-28(33(24-26)42-2)30-16-10-17-31-29-15-7-9-20-35(29)43(38(30)31)36-21-11-18-32-37(36)40(46)44(39(32)45)34-19-8-6-14-27(34)25-12-4-3-5-13-25;1-42-28-19-21-29(27(22-28)24-41)26-18-20-32-31-13-6-8-16-35(31)43(37(32)23-26)36-17-9-14-33-38(36)40(46)44(39(33)45)34-15-7-5-12-30(34)25-10-3-2-4-11-25/h3-26H;3-24H;2-23H. The van der Waals surface area contributed by atoms with E-state index in [-0.39, 0.29) is 34.5 Å². The Labute approximate surface area is 846 Å². The molecule has 0 saturated heterocycles. The van der Waals surface area contributed by atoms with Crippen LogP contribution in [0.3, 0.4) is 0 Å². The van der Waals surface area contributed by atoms with Crippen molar-refractivity contribution >= 4 is 146 Å². The Balaban J connectivity index is 0.000000123. The molecule has 0 aliphatic carbocycles. The molecule has 19 aromatic carbocycles. The Morgan fingerprint density at radius 1 is 0.203 bits per heavy atom. The maximum Gasteiger partial charge on any atom is 0.268 e. The molecule has 148 heavy (non-hydrogen) atoms. The molecule has 3 aromatic heterocycles. The lowest BCUT2D eigenvalue weighted by atomic mass is 9.96. The van der Waals surface area contributed by atoms with Crippen LogP contribution in [0.25, 0.3) is 185 Å². The second kappa shape index (κ2) is 36.9. The van der Waals surface area contributed by atoms with Crippen LogP contribution >= 0.6 is 0 Å². The topological polar surface area (TPSA) is 220 Å². The number of benzene rings is 19. The SMILES string of the molecule is [C-]#[N+]c1ccc(-c2ccc3c4ccccc4n(-c4cccc5c4C(=O)N(c4ccccc4-c4ccccc4)C5=O)c3c2)c(C#N)c1.[C-]#[N+]c1ccc(-c2cccc3c4cccc(-c5ccc(C#N)cc5C#N)c4n(-c4cccc5c4C(=O)N(c4ccccc4-c4ccccc4)C5=O)c23)c([N+]#[C-])c1.[C-]#[N+]c1ccc(-c2cccc3c4ccccc4n(-c4cccc5c4C(=O)N(c4ccccc4-c4ccccc4)C5=O)c23)c([N+]#[C-])c1. The first-order chi connectivity index (χ1) is 72.6. The average Bonchev–Trinajstić information content (AvgIpc) is 1.55. The molecular formula is C128H68N14O6. The fourth-order valence-electron chi connectivity index (χ4n) is 21.0. The highest BCUT2D eigenvalue weighted by atomic mass is 16.2. The lowest BCUT2D eigenvalue weighted by Crippen LogP contribution is -2.30. The lowest BCUT2D eigenvalue weighted by molar-refractivity contribution is 0.0910. The van der Waals surface area contributed by atoms with Gasteiger partial charge in [0.25, 0.3) is 35.4 Å². The minimum atomic E-state index is -0.492. The summed E-state index contributed by atoms with van der Waals surface area (Å²) in [5.41, 5.74) is 22.9. The van der Waals surface area contributed by atoms with Crippen molar-refractivity contribution in [1.82, 2.24) is 13.7 Å². The van der Waals surface area contributed by atoms with Crippen LogP contribution in [0.4, 0.5) is 45.5 Å². The Kier molecular flexibility index (Phi) is 22.4. The molecule has 0 atom stereocenters. The van der Waals surface area contributed by atoms with Gasteiger partial charge < -0.3 is 13.7 Å². The Bertz CT molecular complexity index is 9840. The molecule has 25 rings (SSSR count). The van der Waals surface area contributed by atoms with Crippen molar-refractivity contribution < 1.29 is 28.8 Å². The summed E-state index contributed by atoms with van der Waals surface area (Å²) in [6.07, 6.45) is 0. The van der Waals surface area contributed by atoms with E-state index >= 15 is 0 Å². The molecule has 0 unspecified atom stereocenters. The summed E-state index contributed by atoms with van der Waals surface area (Å²) in [5.74, 6) is -2.48. The van der Waals surface area contributed by atoms with Crippen LogP contribution in [0.5, 0.6) is 0 Å². The Hall–Kier alpha value is -22.1. The number of carbonyl (C=O) groups is 6. The number of imide groups is 3. The Morgan fingerprint density at radius 3 is 0.953 bits per heavy atom. The molecule has 0 saturated carbocycles. The van der Waals surface area contributed by atoms with Gasteiger partial charge in [0.1, 0.15) is 0 Å². The van der Waals surface area contributed by atoms with Crippen LogP contribution in [0.2, 0.25) is 0 Å². The van der Waals surface area contributed by atoms with Gasteiger partial charge in [0.15, 0.2) is 28.4 Å². The van der Waals surface area contributed by atoms with Gasteiger partial charge in [0.2, 0.25) is 0 Å². The molecule has 3 aliphatic rings. The summed E-state index contributed by atoms with van der Waals surface area (Å²) in [6, 6.07) is 134. The number of hydrogen-bond acceptors (Lipinski definition) is 9. The molecule has 0 radical (unpaired) electrons. The van der Waals surface area contributed by atoms with Crippen LogP contribution in [-0.4, -0.2) is 49.1 Å². The summed E-state index contributed by atoms with van der Waals surface area (Å²) in [6.45, 7) is 38.3. The molecule has 3 aliphatic heterocycles. The number of amides is 6.